The summed E-state index contributed by atoms with van der Waals surface area (Å²) in [7, 11) is 0. The van der Waals surface area contributed by atoms with Gasteiger partial charge in [-0.05, 0) is 48.2 Å². The van der Waals surface area contributed by atoms with E-state index in [2.05, 4.69) is 5.32 Å². The van der Waals surface area contributed by atoms with Crippen LogP contribution in [0.5, 0.6) is 5.75 Å². The van der Waals surface area contributed by atoms with Crippen molar-refractivity contribution >= 4 is 11.8 Å². The molecule has 0 radical (unpaired) electrons. The Morgan fingerprint density at radius 1 is 1.10 bits per heavy atom. The van der Waals surface area contributed by atoms with Gasteiger partial charge in [0.25, 0.3) is 5.91 Å². The molecular formula is C21H23F3N2O3. The van der Waals surface area contributed by atoms with Crippen molar-refractivity contribution in [3.05, 3.63) is 65.2 Å². The molecule has 5 nitrogen and oxygen atoms in total. The topological polar surface area (TPSA) is 81.4 Å². The fourth-order valence-corrected chi connectivity index (χ4v) is 2.81. The van der Waals surface area contributed by atoms with E-state index in [0.717, 1.165) is 12.1 Å². The van der Waals surface area contributed by atoms with Crippen molar-refractivity contribution in [2.75, 3.05) is 6.61 Å². The van der Waals surface area contributed by atoms with E-state index in [-0.39, 0.29) is 23.8 Å². The van der Waals surface area contributed by atoms with Gasteiger partial charge in [-0.2, -0.15) is 13.2 Å². The highest BCUT2D eigenvalue weighted by atomic mass is 19.4. The van der Waals surface area contributed by atoms with Crippen LogP contribution in [0.4, 0.5) is 13.2 Å². The fraction of sp³-hybridized carbons (Fsp3) is 0.333. The molecule has 2 rings (SSSR count). The van der Waals surface area contributed by atoms with Gasteiger partial charge in [0.15, 0.2) is 6.61 Å². The van der Waals surface area contributed by atoms with Gasteiger partial charge in [0.1, 0.15) is 5.75 Å². The molecule has 2 amide bonds. The number of carbonyl (C=O) groups is 2. The van der Waals surface area contributed by atoms with Crippen molar-refractivity contribution in [1.82, 2.24) is 5.32 Å². The van der Waals surface area contributed by atoms with Crippen LogP contribution in [-0.4, -0.2) is 18.4 Å². The van der Waals surface area contributed by atoms with Crippen molar-refractivity contribution in [3.63, 3.8) is 0 Å². The number of hydrogen-bond donors (Lipinski definition) is 2. The summed E-state index contributed by atoms with van der Waals surface area (Å²) in [6.07, 6.45) is -4.00. The van der Waals surface area contributed by atoms with Gasteiger partial charge in [-0.25, -0.2) is 0 Å². The van der Waals surface area contributed by atoms with Crippen LogP contribution < -0.4 is 15.8 Å². The summed E-state index contributed by atoms with van der Waals surface area (Å²) >= 11 is 0. The standard InChI is InChI=1S/C21H23F3N2O3/c1-13(2)9-18(14-5-3-7-16(10-14)21(22,23)24)26-19(27)12-29-17-8-4-6-15(11-17)20(25)28/h3-8,10-11,13,18H,9,12H2,1-2H3,(H2,25,28)(H,26,27)/t18-/m1/s1. The smallest absolute Gasteiger partial charge is 0.416 e. The maximum Gasteiger partial charge on any atom is 0.416 e. The third-order valence-corrected chi connectivity index (χ3v) is 4.15. The van der Waals surface area contributed by atoms with Crippen LogP contribution in [0.1, 0.15) is 47.8 Å². The SMILES string of the molecule is CC(C)C[C@@H](NC(=O)COc1cccc(C(N)=O)c1)c1cccc(C(F)(F)F)c1. The Kier molecular flexibility index (Phi) is 7.25. The quantitative estimate of drug-likeness (QED) is 0.690. The highest BCUT2D eigenvalue weighted by Crippen LogP contribution is 2.32. The monoisotopic (exact) mass is 408 g/mol. The molecule has 29 heavy (non-hydrogen) atoms. The number of primary amides is 1. The van der Waals surface area contributed by atoms with E-state index in [0.29, 0.717) is 12.0 Å². The second-order valence-corrected chi connectivity index (χ2v) is 7.05. The number of halogens is 3. The first-order valence-electron chi connectivity index (χ1n) is 9.05. The molecule has 0 aliphatic carbocycles. The van der Waals surface area contributed by atoms with E-state index < -0.39 is 29.6 Å². The number of ether oxygens (including phenoxy) is 1. The van der Waals surface area contributed by atoms with Crippen LogP contribution >= 0.6 is 0 Å². The van der Waals surface area contributed by atoms with E-state index >= 15 is 0 Å². The molecule has 0 saturated carbocycles. The lowest BCUT2D eigenvalue weighted by Gasteiger charge is -2.22. The molecule has 0 spiro atoms. The minimum atomic E-state index is -4.46. The number of rotatable bonds is 8. The number of hydrogen-bond acceptors (Lipinski definition) is 3. The summed E-state index contributed by atoms with van der Waals surface area (Å²) in [6, 6.07) is 10.4. The zero-order chi connectivity index (χ0) is 21.6. The molecule has 0 heterocycles. The maximum atomic E-state index is 13.0. The zero-order valence-corrected chi connectivity index (χ0v) is 16.1. The normalized spacial score (nSPS) is 12.5. The van der Waals surface area contributed by atoms with Crippen LogP contribution in [0.25, 0.3) is 0 Å². The number of nitrogens with two attached hydrogens (primary N) is 1. The molecule has 0 aromatic heterocycles. The van der Waals surface area contributed by atoms with Crippen molar-refractivity contribution in [3.8, 4) is 5.75 Å². The van der Waals surface area contributed by atoms with Crippen LogP contribution in [0.2, 0.25) is 0 Å². The molecule has 1 atom stereocenters. The maximum absolute atomic E-state index is 13.0. The molecule has 2 aromatic rings. The summed E-state index contributed by atoms with van der Waals surface area (Å²) < 4.78 is 44.4. The Bertz CT molecular complexity index is 866. The van der Waals surface area contributed by atoms with Crippen LogP contribution in [-0.2, 0) is 11.0 Å². The minimum absolute atomic E-state index is 0.142. The Balaban J connectivity index is 2.09. The Hall–Kier alpha value is -3.03. The molecule has 156 valence electrons. The van der Waals surface area contributed by atoms with Gasteiger partial charge in [0.2, 0.25) is 5.91 Å². The van der Waals surface area contributed by atoms with Gasteiger partial charge >= 0.3 is 6.18 Å². The fourth-order valence-electron chi connectivity index (χ4n) is 2.81. The van der Waals surface area contributed by atoms with E-state index in [1.54, 1.807) is 18.2 Å². The number of alkyl halides is 3. The second kappa shape index (κ2) is 9.45. The first-order valence-corrected chi connectivity index (χ1v) is 9.05. The summed E-state index contributed by atoms with van der Waals surface area (Å²) in [5, 5.41) is 2.73. The van der Waals surface area contributed by atoms with Crippen molar-refractivity contribution < 1.29 is 27.5 Å². The van der Waals surface area contributed by atoms with E-state index in [4.69, 9.17) is 10.5 Å². The lowest BCUT2D eigenvalue weighted by atomic mass is 9.95. The molecule has 0 saturated heterocycles. The number of benzene rings is 2. The molecule has 0 aliphatic rings. The molecule has 2 aromatic carbocycles. The average Bonchev–Trinajstić information content (AvgIpc) is 2.65. The summed E-state index contributed by atoms with van der Waals surface area (Å²) in [5.41, 5.74) is 5.05. The first-order chi connectivity index (χ1) is 13.6. The number of amides is 2. The molecule has 8 heteroatoms. The van der Waals surface area contributed by atoms with Crippen molar-refractivity contribution in [2.45, 2.75) is 32.5 Å². The van der Waals surface area contributed by atoms with Gasteiger partial charge in [-0.1, -0.05) is 32.0 Å². The predicted octanol–water partition coefficient (Wildman–Crippen LogP) is 4.09. The number of carbonyl (C=O) groups excluding carboxylic acids is 2. The molecule has 0 unspecified atom stereocenters. The number of nitrogens with one attached hydrogen (secondary N) is 1. The average molecular weight is 408 g/mol. The second-order valence-electron chi connectivity index (χ2n) is 7.05. The van der Waals surface area contributed by atoms with E-state index in [1.807, 2.05) is 13.8 Å². The molecule has 0 fully saturated rings. The van der Waals surface area contributed by atoms with E-state index in [9.17, 15) is 22.8 Å². The van der Waals surface area contributed by atoms with Gasteiger partial charge in [-0.3, -0.25) is 9.59 Å². The Morgan fingerprint density at radius 3 is 2.41 bits per heavy atom. The summed E-state index contributed by atoms with van der Waals surface area (Å²) in [6.45, 7) is 3.48. The van der Waals surface area contributed by atoms with E-state index in [1.165, 1.54) is 18.2 Å². The minimum Gasteiger partial charge on any atom is -0.484 e. The van der Waals surface area contributed by atoms with Gasteiger partial charge < -0.3 is 15.8 Å². The molecule has 0 bridgehead atoms. The van der Waals surface area contributed by atoms with Crippen LogP contribution in [0.15, 0.2) is 48.5 Å². The predicted molar refractivity (Wildman–Crippen MR) is 102 cm³/mol. The Morgan fingerprint density at radius 2 is 1.79 bits per heavy atom. The Labute approximate surface area is 167 Å². The highest BCUT2D eigenvalue weighted by molar-refractivity contribution is 5.93. The first kappa shape index (κ1) is 22.3. The van der Waals surface area contributed by atoms with Gasteiger partial charge in [0.05, 0.1) is 11.6 Å². The van der Waals surface area contributed by atoms with Crippen LogP contribution in [0, 0.1) is 5.92 Å². The van der Waals surface area contributed by atoms with Crippen LogP contribution in [0.3, 0.4) is 0 Å². The third-order valence-electron chi connectivity index (χ3n) is 4.15. The molecule has 3 N–H and O–H groups in total. The van der Waals surface area contributed by atoms with Crippen molar-refractivity contribution in [1.29, 1.82) is 0 Å². The summed E-state index contributed by atoms with van der Waals surface area (Å²) in [4.78, 5) is 23.5. The van der Waals surface area contributed by atoms with Gasteiger partial charge in [-0.15, -0.1) is 0 Å². The summed E-state index contributed by atoms with van der Waals surface area (Å²) in [5.74, 6) is -0.682. The van der Waals surface area contributed by atoms with Crippen molar-refractivity contribution in [2.24, 2.45) is 11.7 Å². The van der Waals surface area contributed by atoms with Gasteiger partial charge in [0, 0.05) is 5.56 Å². The third kappa shape index (κ3) is 6.81. The zero-order valence-electron chi connectivity index (χ0n) is 16.1. The lowest BCUT2D eigenvalue weighted by Crippen LogP contribution is -2.33. The lowest BCUT2D eigenvalue weighted by molar-refractivity contribution is -0.137. The largest absolute Gasteiger partial charge is 0.484 e. The molecule has 0 aliphatic heterocycles. The highest BCUT2D eigenvalue weighted by Gasteiger charge is 2.31. The molecular weight excluding hydrogens is 385 g/mol.